The first-order chi connectivity index (χ1) is 11.2. The van der Waals surface area contributed by atoms with Gasteiger partial charge in [-0.3, -0.25) is 0 Å². The second-order valence-electron chi connectivity index (χ2n) is 5.25. The van der Waals surface area contributed by atoms with E-state index in [4.69, 9.17) is 4.74 Å². The Kier molecular flexibility index (Phi) is 2.84. The quantitative estimate of drug-likeness (QED) is 0.489. The van der Waals surface area contributed by atoms with Gasteiger partial charge in [-0.2, -0.15) is 0 Å². The molecule has 0 saturated heterocycles. The fourth-order valence-corrected chi connectivity index (χ4v) is 2.94. The van der Waals surface area contributed by atoms with Crippen molar-refractivity contribution in [2.75, 3.05) is 7.11 Å². The summed E-state index contributed by atoms with van der Waals surface area (Å²) in [7, 11) is 1.56. The van der Waals surface area contributed by atoms with Gasteiger partial charge >= 0.3 is 0 Å². The van der Waals surface area contributed by atoms with Gasteiger partial charge in [0.2, 0.25) is 0 Å². The molecule has 0 atom stereocenters. The first kappa shape index (κ1) is 13.4. The Morgan fingerprint density at radius 2 is 1.83 bits per heavy atom. The topological polar surface area (TPSA) is 90.5 Å². The molecule has 4 rings (SSSR count). The number of benzene rings is 2. The summed E-state index contributed by atoms with van der Waals surface area (Å²) >= 11 is 0. The molecule has 4 aromatic rings. The summed E-state index contributed by atoms with van der Waals surface area (Å²) in [6, 6.07) is 12.8. The van der Waals surface area contributed by atoms with Gasteiger partial charge in [-0.25, -0.2) is 0 Å². The number of aromatic hydroxyl groups is 1. The Morgan fingerprint density at radius 3 is 2.61 bits per heavy atom. The molecule has 0 fully saturated rings. The lowest BCUT2D eigenvalue weighted by molar-refractivity contribution is 0.415. The Morgan fingerprint density at radius 1 is 1.04 bits per heavy atom. The number of nitroso groups, excluding NO2 is 1. The van der Waals surface area contributed by atoms with Gasteiger partial charge in [-0.05, 0) is 29.4 Å². The average molecular weight is 307 g/mol. The molecule has 6 nitrogen and oxygen atoms in total. The Balaban J connectivity index is 2.08. The molecule has 0 aliphatic carbocycles. The Hall–Kier alpha value is -3.28. The summed E-state index contributed by atoms with van der Waals surface area (Å²) in [5, 5.41) is 14.9. The van der Waals surface area contributed by atoms with E-state index >= 15 is 0 Å². The van der Waals surface area contributed by atoms with Gasteiger partial charge < -0.3 is 19.8 Å². The molecule has 0 unspecified atom stereocenters. The minimum atomic E-state index is -0.00498. The minimum absolute atomic E-state index is 0.00498. The van der Waals surface area contributed by atoms with Crippen LogP contribution in [0.1, 0.15) is 0 Å². The molecule has 0 bridgehead atoms. The zero-order valence-electron chi connectivity index (χ0n) is 12.3. The molecule has 6 heteroatoms. The summed E-state index contributed by atoms with van der Waals surface area (Å²) in [5.74, 6) is 0.630. The van der Waals surface area contributed by atoms with Crippen LogP contribution >= 0.6 is 0 Å². The average Bonchev–Trinajstić information content (AvgIpc) is 3.09. The Labute approximate surface area is 130 Å². The van der Waals surface area contributed by atoms with Crippen molar-refractivity contribution >= 4 is 27.5 Å². The van der Waals surface area contributed by atoms with Crippen LogP contribution in [-0.4, -0.2) is 22.2 Å². The highest BCUT2D eigenvalue weighted by Crippen LogP contribution is 2.44. The molecule has 0 radical (unpaired) electrons. The zero-order valence-corrected chi connectivity index (χ0v) is 12.3. The van der Waals surface area contributed by atoms with E-state index in [1.165, 1.54) is 0 Å². The van der Waals surface area contributed by atoms with E-state index in [1.54, 1.807) is 19.2 Å². The van der Waals surface area contributed by atoms with E-state index in [0.29, 0.717) is 22.4 Å². The molecule has 2 heterocycles. The summed E-state index contributed by atoms with van der Waals surface area (Å²) in [6.45, 7) is 0. The number of ether oxygens (including phenoxy) is 1. The van der Waals surface area contributed by atoms with Crippen LogP contribution < -0.4 is 4.74 Å². The molecule has 114 valence electrons. The minimum Gasteiger partial charge on any atom is -0.497 e. The number of rotatable bonds is 3. The van der Waals surface area contributed by atoms with Crippen LogP contribution in [0.5, 0.6) is 11.6 Å². The van der Waals surface area contributed by atoms with Crippen molar-refractivity contribution in [3.05, 3.63) is 47.4 Å². The van der Waals surface area contributed by atoms with E-state index < -0.39 is 0 Å². The third-order valence-electron chi connectivity index (χ3n) is 4.01. The predicted molar refractivity (Wildman–Crippen MR) is 89.3 cm³/mol. The van der Waals surface area contributed by atoms with Crippen LogP contribution in [0.15, 0.2) is 47.6 Å². The first-order valence-electron chi connectivity index (χ1n) is 7.06. The van der Waals surface area contributed by atoms with Crippen LogP contribution in [-0.2, 0) is 0 Å². The lowest BCUT2D eigenvalue weighted by Crippen LogP contribution is -1.80. The fourth-order valence-electron chi connectivity index (χ4n) is 2.94. The normalized spacial score (nSPS) is 11.2. The van der Waals surface area contributed by atoms with Crippen molar-refractivity contribution in [2.24, 2.45) is 5.18 Å². The highest BCUT2D eigenvalue weighted by molar-refractivity contribution is 6.07. The van der Waals surface area contributed by atoms with Crippen LogP contribution in [0, 0.1) is 4.91 Å². The molecule has 0 aliphatic rings. The van der Waals surface area contributed by atoms with E-state index in [1.807, 2.05) is 30.3 Å². The molecule has 0 aliphatic heterocycles. The van der Waals surface area contributed by atoms with Crippen LogP contribution in [0.25, 0.3) is 33.1 Å². The van der Waals surface area contributed by atoms with E-state index in [9.17, 15) is 10.0 Å². The number of methoxy groups -OCH3 is 1. The highest BCUT2D eigenvalue weighted by atomic mass is 16.5. The Bertz CT molecular complexity index is 1050. The number of aromatic nitrogens is 2. The van der Waals surface area contributed by atoms with Crippen molar-refractivity contribution in [2.45, 2.75) is 0 Å². The van der Waals surface area contributed by atoms with Crippen molar-refractivity contribution in [1.82, 2.24) is 9.97 Å². The third kappa shape index (κ3) is 1.88. The van der Waals surface area contributed by atoms with Crippen molar-refractivity contribution < 1.29 is 9.84 Å². The number of fused-ring (bicyclic) bond motifs is 2. The summed E-state index contributed by atoms with van der Waals surface area (Å²) in [4.78, 5) is 17.5. The van der Waals surface area contributed by atoms with Gasteiger partial charge in [-0.15, -0.1) is 4.91 Å². The van der Waals surface area contributed by atoms with Gasteiger partial charge in [0.05, 0.1) is 18.4 Å². The third-order valence-corrected chi connectivity index (χ3v) is 4.01. The maximum Gasteiger partial charge on any atom is 0.199 e. The maximum absolute atomic E-state index is 11.4. The number of hydrogen-bond acceptors (Lipinski definition) is 4. The van der Waals surface area contributed by atoms with Gasteiger partial charge in [0.15, 0.2) is 5.88 Å². The zero-order chi connectivity index (χ0) is 16.0. The molecule has 0 amide bonds. The molecule has 3 N–H and O–H groups in total. The number of nitrogens with one attached hydrogen (secondary N) is 2. The summed E-state index contributed by atoms with van der Waals surface area (Å²) in [6.07, 6.45) is 0. The number of para-hydroxylation sites is 1. The first-order valence-corrected chi connectivity index (χ1v) is 7.06. The maximum atomic E-state index is 11.4. The number of H-pyrrole nitrogens is 2. The molecule has 0 saturated carbocycles. The van der Waals surface area contributed by atoms with Gasteiger partial charge in [0.1, 0.15) is 11.4 Å². The standard InChI is InChI=1S/C17H13N3O3/c1-23-9-6-7-13-11(8-9)15(20-22)16(18-13)14-10-4-2-3-5-12(10)19-17(14)21/h2-8,18-19,21H,1H3. The lowest BCUT2D eigenvalue weighted by Gasteiger charge is -1.99. The second kappa shape index (κ2) is 4.88. The van der Waals surface area contributed by atoms with Gasteiger partial charge in [-0.1, -0.05) is 18.2 Å². The largest absolute Gasteiger partial charge is 0.497 e. The fraction of sp³-hybridized carbons (Fsp3) is 0.0588. The van der Waals surface area contributed by atoms with E-state index in [0.717, 1.165) is 16.4 Å². The molecule has 2 aromatic carbocycles. The van der Waals surface area contributed by atoms with Crippen LogP contribution in [0.2, 0.25) is 0 Å². The molecular weight excluding hydrogens is 294 g/mol. The monoisotopic (exact) mass is 307 g/mol. The van der Waals surface area contributed by atoms with Crippen molar-refractivity contribution in [3.63, 3.8) is 0 Å². The van der Waals surface area contributed by atoms with E-state index in [2.05, 4.69) is 15.1 Å². The summed E-state index contributed by atoms with van der Waals surface area (Å²) < 4.78 is 5.20. The molecular formula is C17H13N3O3. The lowest BCUT2D eigenvalue weighted by atomic mass is 10.1. The van der Waals surface area contributed by atoms with Gasteiger partial charge in [0, 0.05) is 21.8 Å². The van der Waals surface area contributed by atoms with Crippen LogP contribution in [0.4, 0.5) is 5.69 Å². The SMILES string of the molecule is COc1ccc2[nH]c(-c3c(O)[nH]c4ccccc34)c(N=O)c2c1. The smallest absolute Gasteiger partial charge is 0.199 e. The number of nitrogens with zero attached hydrogens (tertiary/aromatic N) is 1. The molecule has 0 spiro atoms. The highest BCUT2D eigenvalue weighted by Gasteiger charge is 2.21. The van der Waals surface area contributed by atoms with Crippen molar-refractivity contribution in [3.8, 4) is 22.9 Å². The van der Waals surface area contributed by atoms with E-state index in [-0.39, 0.29) is 11.6 Å². The number of aromatic amines is 2. The van der Waals surface area contributed by atoms with Gasteiger partial charge in [0.25, 0.3) is 0 Å². The predicted octanol–water partition coefficient (Wildman–Crippen LogP) is 4.43. The van der Waals surface area contributed by atoms with Crippen LogP contribution in [0.3, 0.4) is 0 Å². The molecule has 2 aromatic heterocycles. The summed E-state index contributed by atoms with van der Waals surface area (Å²) in [5.41, 5.74) is 2.80. The number of hydrogen-bond donors (Lipinski definition) is 3. The van der Waals surface area contributed by atoms with Crippen molar-refractivity contribution in [1.29, 1.82) is 0 Å². The second-order valence-corrected chi connectivity index (χ2v) is 5.25. The molecule has 23 heavy (non-hydrogen) atoms.